The predicted molar refractivity (Wildman–Crippen MR) is 100 cm³/mol. The van der Waals surface area contributed by atoms with Gasteiger partial charge in [-0.05, 0) is 32.3 Å². The van der Waals surface area contributed by atoms with Crippen molar-refractivity contribution in [2.45, 2.75) is 45.3 Å². The third-order valence-corrected chi connectivity index (χ3v) is 5.64. The zero-order valence-corrected chi connectivity index (χ0v) is 16.0. The van der Waals surface area contributed by atoms with Crippen molar-refractivity contribution in [2.24, 2.45) is 0 Å². The second kappa shape index (κ2) is 8.27. The number of likely N-dealkylation sites (tertiary alicyclic amines) is 1. The fraction of sp³-hybridized carbons (Fsp3) is 0.600. The summed E-state index contributed by atoms with van der Waals surface area (Å²) in [5.74, 6) is 0.633. The zero-order valence-electron chi connectivity index (χ0n) is 16.0. The fourth-order valence-electron chi connectivity index (χ4n) is 3.97. The lowest BCUT2D eigenvalue weighted by molar-refractivity contribution is 0.0629. The highest BCUT2D eigenvalue weighted by Gasteiger charge is 2.27. The first kappa shape index (κ1) is 18.3. The monoisotopic (exact) mass is 372 g/mol. The molecule has 0 N–H and O–H groups in total. The first-order valence-corrected chi connectivity index (χ1v) is 9.90. The maximum absolute atomic E-state index is 12.7. The second-order valence-corrected chi connectivity index (χ2v) is 7.65. The van der Waals surface area contributed by atoms with Gasteiger partial charge in [-0.2, -0.15) is 0 Å². The summed E-state index contributed by atoms with van der Waals surface area (Å²) in [5.41, 5.74) is 1.66. The maximum Gasteiger partial charge on any atom is 0.276 e. The molecule has 0 spiro atoms. The van der Waals surface area contributed by atoms with Crippen LogP contribution in [0.1, 0.15) is 48.1 Å². The number of hydrogen-bond acceptors (Lipinski definition) is 6. The zero-order chi connectivity index (χ0) is 18.6. The van der Waals surface area contributed by atoms with Crippen molar-refractivity contribution in [3.63, 3.8) is 0 Å². The summed E-state index contributed by atoms with van der Waals surface area (Å²) < 4.78 is 10.7. The topological polar surface area (TPSA) is 66.0 Å². The van der Waals surface area contributed by atoms with Crippen LogP contribution in [0.25, 0.3) is 0 Å². The number of carbonyl (C=O) groups is 1. The van der Waals surface area contributed by atoms with Gasteiger partial charge >= 0.3 is 0 Å². The van der Waals surface area contributed by atoms with E-state index < -0.39 is 0 Å². The molecule has 7 nitrogen and oxygen atoms in total. The number of amides is 1. The van der Waals surface area contributed by atoms with Gasteiger partial charge in [-0.1, -0.05) is 0 Å². The lowest BCUT2D eigenvalue weighted by Gasteiger charge is -2.33. The summed E-state index contributed by atoms with van der Waals surface area (Å²) in [6.07, 6.45) is 8.39. The van der Waals surface area contributed by atoms with Gasteiger partial charge in [0.2, 0.25) is 5.89 Å². The molecular formula is C20H28N4O3. The van der Waals surface area contributed by atoms with Gasteiger partial charge in [-0.3, -0.25) is 14.6 Å². The van der Waals surface area contributed by atoms with Gasteiger partial charge in [0.05, 0.1) is 19.1 Å². The highest BCUT2D eigenvalue weighted by atomic mass is 16.3. The van der Waals surface area contributed by atoms with E-state index in [9.17, 15) is 4.79 Å². The number of oxazole rings is 1. The molecule has 2 aliphatic rings. The third-order valence-electron chi connectivity index (χ3n) is 5.64. The van der Waals surface area contributed by atoms with Gasteiger partial charge in [0, 0.05) is 50.9 Å². The summed E-state index contributed by atoms with van der Waals surface area (Å²) in [6, 6.07) is 2.30. The van der Waals surface area contributed by atoms with Crippen LogP contribution in [-0.4, -0.2) is 64.4 Å². The summed E-state index contributed by atoms with van der Waals surface area (Å²) >= 11 is 0. The standard InChI is InChI=1S/C20H28N4O3/c1-16-4-2-3-6-24(16)20(25)18-15-27-19(21-18)13-23-9-7-22(8-10-23)12-17-5-11-26-14-17/h5,11,14-16H,2-4,6-10,12-13H2,1H3. The van der Waals surface area contributed by atoms with E-state index in [-0.39, 0.29) is 11.9 Å². The minimum absolute atomic E-state index is 0.00197. The van der Waals surface area contributed by atoms with Crippen molar-refractivity contribution in [3.05, 3.63) is 42.0 Å². The number of piperidine rings is 1. The summed E-state index contributed by atoms with van der Waals surface area (Å²) in [5, 5.41) is 0. The summed E-state index contributed by atoms with van der Waals surface area (Å²) in [6.45, 7) is 8.45. The van der Waals surface area contributed by atoms with E-state index in [0.717, 1.165) is 52.1 Å². The quantitative estimate of drug-likeness (QED) is 0.804. The average molecular weight is 372 g/mol. The van der Waals surface area contributed by atoms with E-state index in [1.165, 1.54) is 18.2 Å². The Morgan fingerprint density at radius 1 is 1.11 bits per heavy atom. The number of carbonyl (C=O) groups excluding carboxylic acids is 1. The second-order valence-electron chi connectivity index (χ2n) is 7.65. The molecule has 4 heterocycles. The molecule has 0 aromatic carbocycles. The molecule has 1 amide bonds. The number of piperazine rings is 1. The third kappa shape index (κ3) is 4.42. The van der Waals surface area contributed by atoms with E-state index in [0.29, 0.717) is 18.1 Å². The van der Waals surface area contributed by atoms with Crippen LogP contribution >= 0.6 is 0 Å². The van der Waals surface area contributed by atoms with E-state index in [1.807, 2.05) is 11.0 Å². The molecule has 0 saturated carbocycles. The molecule has 0 bridgehead atoms. The Morgan fingerprint density at radius 2 is 1.89 bits per heavy atom. The predicted octanol–water partition coefficient (Wildman–Crippen LogP) is 2.60. The smallest absolute Gasteiger partial charge is 0.276 e. The number of furan rings is 1. The van der Waals surface area contributed by atoms with Crippen LogP contribution in [0.15, 0.2) is 33.7 Å². The lowest BCUT2D eigenvalue weighted by atomic mass is 10.0. The SMILES string of the molecule is CC1CCCCN1C(=O)c1coc(CN2CCN(Cc3ccoc3)CC2)n1. The van der Waals surface area contributed by atoms with Crippen molar-refractivity contribution < 1.29 is 13.6 Å². The first-order chi connectivity index (χ1) is 13.2. The molecule has 1 atom stereocenters. The largest absolute Gasteiger partial charge is 0.472 e. The Balaban J connectivity index is 1.28. The highest BCUT2D eigenvalue weighted by Crippen LogP contribution is 2.19. The number of nitrogens with zero attached hydrogens (tertiary/aromatic N) is 4. The Bertz CT molecular complexity index is 734. The molecule has 2 saturated heterocycles. The molecule has 7 heteroatoms. The molecule has 1 unspecified atom stereocenters. The van der Waals surface area contributed by atoms with E-state index in [4.69, 9.17) is 8.83 Å². The number of rotatable bonds is 5. The Hall–Kier alpha value is -2.12. The normalized spacial score (nSPS) is 22.3. The van der Waals surface area contributed by atoms with Gasteiger partial charge in [-0.15, -0.1) is 0 Å². The van der Waals surface area contributed by atoms with Crippen LogP contribution in [-0.2, 0) is 13.1 Å². The van der Waals surface area contributed by atoms with Crippen LogP contribution in [0.3, 0.4) is 0 Å². The molecule has 146 valence electrons. The van der Waals surface area contributed by atoms with Crippen molar-refractivity contribution >= 4 is 5.91 Å². The minimum Gasteiger partial charge on any atom is -0.472 e. The molecule has 2 fully saturated rings. The summed E-state index contributed by atoms with van der Waals surface area (Å²) in [7, 11) is 0. The molecule has 27 heavy (non-hydrogen) atoms. The molecule has 0 aliphatic carbocycles. The van der Waals surface area contributed by atoms with E-state index in [2.05, 4.69) is 21.7 Å². The number of hydrogen-bond donors (Lipinski definition) is 0. The molecule has 0 radical (unpaired) electrons. The van der Waals surface area contributed by atoms with Crippen molar-refractivity contribution in [1.29, 1.82) is 0 Å². The lowest BCUT2D eigenvalue weighted by Crippen LogP contribution is -2.45. The maximum atomic E-state index is 12.7. The summed E-state index contributed by atoms with van der Waals surface area (Å²) in [4.78, 5) is 23.8. The van der Waals surface area contributed by atoms with E-state index >= 15 is 0 Å². The van der Waals surface area contributed by atoms with Gasteiger partial charge < -0.3 is 13.7 Å². The molecule has 2 aliphatic heterocycles. The molecule has 2 aromatic heterocycles. The molecular weight excluding hydrogens is 344 g/mol. The molecule has 2 aromatic rings. The van der Waals surface area contributed by atoms with Crippen LogP contribution in [0, 0.1) is 0 Å². The number of aromatic nitrogens is 1. The van der Waals surface area contributed by atoms with E-state index in [1.54, 1.807) is 12.5 Å². The van der Waals surface area contributed by atoms with Gasteiger partial charge in [-0.25, -0.2) is 4.98 Å². The average Bonchev–Trinajstić information content (AvgIpc) is 3.35. The van der Waals surface area contributed by atoms with Crippen LogP contribution in [0.2, 0.25) is 0 Å². The van der Waals surface area contributed by atoms with Gasteiger partial charge in [0.15, 0.2) is 5.69 Å². The van der Waals surface area contributed by atoms with Crippen molar-refractivity contribution in [3.8, 4) is 0 Å². The molecule has 4 rings (SSSR count). The Morgan fingerprint density at radius 3 is 2.59 bits per heavy atom. The van der Waals surface area contributed by atoms with Gasteiger partial charge in [0.1, 0.15) is 6.26 Å². The van der Waals surface area contributed by atoms with Crippen LogP contribution in [0.5, 0.6) is 0 Å². The van der Waals surface area contributed by atoms with Crippen molar-refractivity contribution in [1.82, 2.24) is 19.7 Å². The fourth-order valence-corrected chi connectivity index (χ4v) is 3.97. The highest BCUT2D eigenvalue weighted by molar-refractivity contribution is 5.92. The first-order valence-electron chi connectivity index (χ1n) is 9.90. The van der Waals surface area contributed by atoms with Crippen LogP contribution in [0.4, 0.5) is 0 Å². The van der Waals surface area contributed by atoms with Gasteiger partial charge in [0.25, 0.3) is 5.91 Å². The Labute approximate surface area is 159 Å². The Kier molecular flexibility index (Phi) is 5.59. The van der Waals surface area contributed by atoms with Crippen LogP contribution < -0.4 is 0 Å². The minimum atomic E-state index is 0.00197. The van der Waals surface area contributed by atoms with Crippen molar-refractivity contribution in [2.75, 3.05) is 32.7 Å².